The van der Waals surface area contributed by atoms with E-state index in [0.29, 0.717) is 11.3 Å². The molecular weight excluding hydrogens is 768 g/mol. The first-order valence-electron chi connectivity index (χ1n) is 17.0. The van der Waals surface area contributed by atoms with Crippen LogP contribution >= 0.6 is 11.6 Å². The molecule has 1 aliphatic heterocycles. The Hall–Kier alpha value is -4.88. The average molecular weight is 803 g/mol. The molecule has 2 fully saturated rings. The number of amides is 2. The molecule has 6 rings (SSSR count). The topological polar surface area (TPSA) is 147 Å². The lowest BCUT2D eigenvalue weighted by Crippen LogP contribution is -2.62. The number of allylic oxidation sites excluding steroid dienone is 3. The molecule has 2 aromatic heterocycles. The summed E-state index contributed by atoms with van der Waals surface area (Å²) < 4.78 is 111. The molecule has 0 radical (unpaired) electrons. The molecule has 3 aliphatic rings. The van der Waals surface area contributed by atoms with E-state index in [0.717, 1.165) is 37.9 Å². The van der Waals surface area contributed by atoms with Crippen LogP contribution in [-0.2, 0) is 9.59 Å². The van der Waals surface area contributed by atoms with E-state index in [4.69, 9.17) is 17.0 Å². The van der Waals surface area contributed by atoms with Crippen molar-refractivity contribution in [1.82, 2.24) is 45.3 Å². The smallest absolute Gasteiger partial charge is 0.353 e. The number of guanidine groups is 1. The maximum Gasteiger partial charge on any atom is 0.397 e. The molecule has 1 unspecified atom stereocenters. The molecule has 3 atom stereocenters. The van der Waals surface area contributed by atoms with Gasteiger partial charge in [0.15, 0.2) is 11.8 Å². The van der Waals surface area contributed by atoms with Crippen LogP contribution in [0.5, 0.6) is 0 Å². The lowest BCUT2D eigenvalue weighted by atomic mass is 9.60. The predicted molar refractivity (Wildman–Crippen MR) is 181 cm³/mol. The van der Waals surface area contributed by atoms with E-state index < -0.39 is 84.3 Å². The van der Waals surface area contributed by atoms with Gasteiger partial charge in [-0.3, -0.25) is 19.9 Å². The monoisotopic (exact) mass is 802 g/mol. The van der Waals surface area contributed by atoms with Crippen molar-refractivity contribution in [2.24, 2.45) is 10.8 Å². The number of hydrogen-bond donors (Lipinski definition) is 3. The van der Waals surface area contributed by atoms with Crippen LogP contribution in [0.2, 0.25) is 5.02 Å². The van der Waals surface area contributed by atoms with E-state index in [9.17, 15) is 39.9 Å². The zero-order valence-electron chi connectivity index (χ0n) is 29.4. The number of halogens is 9. The van der Waals surface area contributed by atoms with Crippen LogP contribution < -0.4 is 10.6 Å². The first kappa shape index (κ1) is 39.8. The lowest BCUT2D eigenvalue weighted by Gasteiger charge is -2.47. The summed E-state index contributed by atoms with van der Waals surface area (Å²) in [5.41, 5.74) is -5.29. The number of rotatable bonds is 12. The molecule has 3 aromatic rings. The summed E-state index contributed by atoms with van der Waals surface area (Å²) in [6.07, 6.45) is -3.49. The highest BCUT2D eigenvalue weighted by Gasteiger charge is 2.65. The highest BCUT2D eigenvalue weighted by atomic mass is 35.5. The fourth-order valence-electron chi connectivity index (χ4n) is 6.84. The Kier molecular flexibility index (Phi) is 10.1. The summed E-state index contributed by atoms with van der Waals surface area (Å²) in [7, 11) is 0. The van der Waals surface area contributed by atoms with Crippen LogP contribution in [0.3, 0.4) is 0 Å². The van der Waals surface area contributed by atoms with Crippen molar-refractivity contribution in [3.05, 3.63) is 65.2 Å². The maximum absolute atomic E-state index is 15.0. The van der Waals surface area contributed by atoms with Crippen molar-refractivity contribution >= 4 is 34.9 Å². The number of hydrogen-bond acceptors (Lipinski definition) is 7. The molecule has 2 aliphatic carbocycles. The van der Waals surface area contributed by atoms with E-state index >= 15 is 4.79 Å². The number of carbonyl (C=O) groups is 2. The van der Waals surface area contributed by atoms with Gasteiger partial charge in [-0.15, -0.1) is 0 Å². The van der Waals surface area contributed by atoms with Crippen LogP contribution in [0.15, 0.2) is 49.0 Å². The molecule has 21 heteroatoms. The highest BCUT2D eigenvalue weighted by molar-refractivity contribution is 6.33. The van der Waals surface area contributed by atoms with Crippen LogP contribution in [0.1, 0.15) is 82.8 Å². The molecule has 12 nitrogen and oxygen atoms in total. The van der Waals surface area contributed by atoms with Crippen LogP contribution in [0.25, 0.3) is 17.0 Å². The molecule has 296 valence electrons. The number of nitrogens with one attached hydrogen (secondary N) is 3. The van der Waals surface area contributed by atoms with Crippen LogP contribution in [0, 0.1) is 16.2 Å². The van der Waals surface area contributed by atoms with Gasteiger partial charge >= 0.3 is 18.9 Å². The van der Waals surface area contributed by atoms with Crippen LogP contribution in [-0.4, -0.2) is 76.9 Å². The van der Waals surface area contributed by atoms with E-state index in [-0.39, 0.29) is 33.3 Å². The normalized spacial score (nSPS) is 22.6. The van der Waals surface area contributed by atoms with Crippen molar-refractivity contribution in [3.8, 4) is 11.4 Å². The molecular formula is C34H35ClF8N10O2. The van der Waals surface area contributed by atoms with E-state index in [1.165, 1.54) is 18.2 Å². The first-order valence-corrected chi connectivity index (χ1v) is 17.3. The Bertz CT molecular complexity index is 2050. The number of aromatic nitrogens is 6. The lowest BCUT2D eigenvalue weighted by molar-refractivity contribution is -0.221. The minimum atomic E-state index is -4.91. The van der Waals surface area contributed by atoms with Crippen molar-refractivity contribution in [2.45, 2.75) is 89.4 Å². The minimum Gasteiger partial charge on any atom is -0.353 e. The molecule has 3 heterocycles. The van der Waals surface area contributed by atoms with Crippen molar-refractivity contribution in [2.75, 3.05) is 6.54 Å². The largest absolute Gasteiger partial charge is 0.397 e. The summed E-state index contributed by atoms with van der Waals surface area (Å²) in [6, 6.07) is 2.29. The highest BCUT2D eigenvalue weighted by Crippen LogP contribution is 2.54. The molecule has 55 heavy (non-hydrogen) atoms. The van der Waals surface area contributed by atoms with Gasteiger partial charge in [0.1, 0.15) is 24.0 Å². The van der Waals surface area contributed by atoms with Gasteiger partial charge in [0, 0.05) is 17.5 Å². The van der Waals surface area contributed by atoms with Gasteiger partial charge in [-0.05, 0) is 49.0 Å². The summed E-state index contributed by atoms with van der Waals surface area (Å²) in [4.78, 5) is 33.6. The Morgan fingerprint density at radius 2 is 1.85 bits per heavy atom. The zero-order valence-corrected chi connectivity index (χ0v) is 30.2. The fourth-order valence-corrected chi connectivity index (χ4v) is 7.04. The van der Waals surface area contributed by atoms with Crippen molar-refractivity contribution in [3.63, 3.8) is 0 Å². The molecule has 2 amide bonds. The summed E-state index contributed by atoms with van der Waals surface area (Å²) in [5.74, 6) is -3.70. The van der Waals surface area contributed by atoms with Gasteiger partial charge in [-0.1, -0.05) is 56.7 Å². The Labute approximate surface area is 313 Å². The van der Waals surface area contributed by atoms with Crippen molar-refractivity contribution in [1.29, 1.82) is 5.41 Å². The zero-order chi connectivity index (χ0) is 40.3. The summed E-state index contributed by atoms with van der Waals surface area (Å²) in [5, 5.41) is 26.0. The van der Waals surface area contributed by atoms with E-state index in [1.807, 2.05) is 0 Å². The Balaban J connectivity index is 1.43. The third kappa shape index (κ3) is 7.69. The molecule has 1 saturated heterocycles. The Morgan fingerprint density at radius 1 is 1.15 bits per heavy atom. The van der Waals surface area contributed by atoms with Gasteiger partial charge in [0.25, 0.3) is 5.91 Å². The second-order valence-corrected chi connectivity index (χ2v) is 15.1. The number of alkyl halides is 8. The quantitative estimate of drug-likeness (QED) is 0.165. The molecule has 3 N–H and O–H groups in total. The fraction of sp³-hybridized carbons (Fsp3) is 0.500. The summed E-state index contributed by atoms with van der Waals surface area (Å²) in [6.45, 7) is -0.594. The van der Waals surface area contributed by atoms with Gasteiger partial charge in [-0.25, -0.2) is 4.98 Å². The number of benzene rings is 1. The Morgan fingerprint density at radius 3 is 2.45 bits per heavy atom. The van der Waals surface area contributed by atoms with Gasteiger partial charge in [0.2, 0.25) is 5.91 Å². The minimum absolute atomic E-state index is 0.0235. The SMILES string of the molecule is CC(C)(C[C@]1(C2(C)C=CC(c3cnn(C4CC4)n3)=CC2)NC(=N)N([C@H](CNC(=O)CC(F)(F)F)c2ccc(Cl)c(-c3ncnn3C(F)F)c2)C1=O)C(F)(F)F. The second-order valence-electron chi connectivity index (χ2n) is 14.7. The predicted octanol–water partition coefficient (Wildman–Crippen LogP) is 7.16. The number of nitrogens with zero attached hydrogens (tertiary/aromatic N) is 7. The van der Waals surface area contributed by atoms with Gasteiger partial charge in [-0.2, -0.15) is 59.9 Å². The maximum atomic E-state index is 15.0. The summed E-state index contributed by atoms with van der Waals surface area (Å²) >= 11 is 6.36. The average Bonchev–Trinajstić information content (AvgIpc) is 3.48. The van der Waals surface area contributed by atoms with E-state index in [1.54, 1.807) is 36.1 Å². The molecule has 1 saturated carbocycles. The second kappa shape index (κ2) is 14.0. The molecule has 1 aromatic carbocycles. The third-order valence-electron chi connectivity index (χ3n) is 10.2. The third-order valence-corrected chi connectivity index (χ3v) is 10.5. The van der Waals surface area contributed by atoms with Crippen LogP contribution in [0.4, 0.5) is 35.1 Å². The van der Waals surface area contributed by atoms with Crippen molar-refractivity contribution < 1.29 is 44.7 Å². The number of carbonyl (C=O) groups excluding carboxylic acids is 2. The van der Waals surface area contributed by atoms with Gasteiger partial charge in [0.05, 0.1) is 28.7 Å². The first-order chi connectivity index (χ1) is 25.6. The molecule has 0 bridgehead atoms. The van der Waals surface area contributed by atoms with E-state index in [2.05, 4.69) is 30.9 Å². The van der Waals surface area contributed by atoms with Gasteiger partial charge < -0.3 is 10.6 Å². The standard InChI is InChI=1S/C34H35ClF8N10O2/c1-30(2,34(41,42)43)16-32(31(3)10-8-18(9-11-31)23-14-47-53(50-23)20-5-6-20)27(55)51(29(44)49-32)24(15-45-25(54)13-33(38,39)40)19-4-7-22(35)21(12-19)26-46-17-48-52(26)28(36)37/h4,7-10,12,14,17,20,24,28H,5-6,11,13,15-16H2,1-3H3,(H2,44,49)(H,45,54)/t24-,31?,32+/m1/s1. The molecule has 0 spiro atoms.